The van der Waals surface area contributed by atoms with Crippen LogP contribution in [0.2, 0.25) is 10.0 Å². The van der Waals surface area contributed by atoms with E-state index in [1.165, 1.54) is 7.11 Å². The highest BCUT2D eigenvalue weighted by molar-refractivity contribution is 6.37. The minimum Gasteiger partial charge on any atom is -0.493 e. The molecule has 5 nitrogen and oxygen atoms in total. The van der Waals surface area contributed by atoms with Crippen LogP contribution in [-0.4, -0.2) is 18.8 Å². The number of carbonyl (C=O) groups is 1. The molecule has 7 heteroatoms. The lowest BCUT2D eigenvalue weighted by atomic mass is 10.00. The van der Waals surface area contributed by atoms with Crippen LogP contribution in [0.15, 0.2) is 54.2 Å². The Labute approximate surface area is 160 Å². The van der Waals surface area contributed by atoms with E-state index in [-0.39, 0.29) is 6.10 Å². The standard InChI is InChI=1S/C19H15Cl2NO4/c1-3-19(23)25-16-7-4-11(8-18(16)24-2)17-10-15(22-26-17)13-6-5-12(20)9-14(13)21/h3-9,17H,1,10H2,2H3. The number of nitrogens with zero attached hydrogens (tertiary/aromatic N) is 1. The molecule has 0 amide bonds. The number of ether oxygens (including phenoxy) is 2. The van der Waals surface area contributed by atoms with Gasteiger partial charge in [-0.05, 0) is 29.8 Å². The summed E-state index contributed by atoms with van der Waals surface area (Å²) < 4.78 is 10.4. The Morgan fingerprint density at radius 1 is 1.27 bits per heavy atom. The van der Waals surface area contributed by atoms with Crippen LogP contribution in [-0.2, 0) is 9.63 Å². The maximum Gasteiger partial charge on any atom is 0.335 e. The second-order valence-electron chi connectivity index (χ2n) is 5.50. The van der Waals surface area contributed by atoms with Crippen LogP contribution in [0.25, 0.3) is 0 Å². The zero-order valence-electron chi connectivity index (χ0n) is 13.9. The molecular weight excluding hydrogens is 377 g/mol. The maximum absolute atomic E-state index is 11.4. The third-order valence-corrected chi connectivity index (χ3v) is 4.40. The van der Waals surface area contributed by atoms with Crippen LogP contribution in [0.4, 0.5) is 0 Å². The fourth-order valence-corrected chi connectivity index (χ4v) is 3.08. The molecule has 0 aromatic heterocycles. The van der Waals surface area contributed by atoms with E-state index in [2.05, 4.69) is 11.7 Å². The fraction of sp³-hybridized carbons (Fsp3) is 0.158. The van der Waals surface area contributed by atoms with Crippen molar-refractivity contribution in [2.24, 2.45) is 5.16 Å². The van der Waals surface area contributed by atoms with Gasteiger partial charge in [0.15, 0.2) is 17.6 Å². The molecule has 0 saturated heterocycles. The van der Waals surface area contributed by atoms with E-state index in [1.54, 1.807) is 30.3 Å². The number of rotatable bonds is 5. The van der Waals surface area contributed by atoms with Crippen molar-refractivity contribution in [2.75, 3.05) is 7.11 Å². The molecule has 0 N–H and O–H groups in total. The summed E-state index contributed by atoms with van der Waals surface area (Å²) in [5.74, 6) is 0.163. The van der Waals surface area contributed by atoms with Crippen molar-refractivity contribution in [2.45, 2.75) is 12.5 Å². The number of benzene rings is 2. The molecular formula is C19H15Cl2NO4. The Balaban J connectivity index is 1.79. The first-order chi connectivity index (χ1) is 12.5. The number of halogens is 2. The van der Waals surface area contributed by atoms with E-state index in [0.717, 1.165) is 22.9 Å². The Morgan fingerprint density at radius 2 is 2.08 bits per heavy atom. The summed E-state index contributed by atoms with van der Waals surface area (Å²) >= 11 is 12.2. The highest BCUT2D eigenvalue weighted by atomic mass is 35.5. The number of oxime groups is 1. The highest BCUT2D eigenvalue weighted by Gasteiger charge is 2.26. The van der Waals surface area contributed by atoms with Gasteiger partial charge in [0.1, 0.15) is 0 Å². The average molecular weight is 392 g/mol. The molecule has 1 heterocycles. The summed E-state index contributed by atoms with van der Waals surface area (Å²) in [6, 6.07) is 10.4. The second kappa shape index (κ2) is 7.81. The number of carbonyl (C=O) groups excluding carboxylic acids is 1. The normalized spacial score (nSPS) is 15.8. The first-order valence-corrected chi connectivity index (χ1v) is 8.47. The van der Waals surface area contributed by atoms with Crippen LogP contribution in [0.1, 0.15) is 23.7 Å². The molecule has 0 spiro atoms. The molecule has 0 fully saturated rings. The van der Waals surface area contributed by atoms with Gasteiger partial charge in [0.05, 0.1) is 17.8 Å². The van der Waals surface area contributed by atoms with Crippen LogP contribution < -0.4 is 9.47 Å². The van der Waals surface area contributed by atoms with E-state index in [1.807, 2.05) is 6.07 Å². The van der Waals surface area contributed by atoms with Gasteiger partial charge >= 0.3 is 5.97 Å². The zero-order valence-corrected chi connectivity index (χ0v) is 15.4. The molecule has 1 aliphatic heterocycles. The van der Waals surface area contributed by atoms with E-state index in [4.69, 9.17) is 37.5 Å². The van der Waals surface area contributed by atoms with Gasteiger partial charge in [0, 0.05) is 23.1 Å². The average Bonchev–Trinajstić information content (AvgIpc) is 3.11. The quantitative estimate of drug-likeness (QED) is 0.410. The van der Waals surface area contributed by atoms with Gasteiger partial charge in [-0.1, -0.05) is 47.1 Å². The molecule has 2 aromatic rings. The van der Waals surface area contributed by atoms with Crippen molar-refractivity contribution in [3.05, 3.63) is 70.2 Å². The van der Waals surface area contributed by atoms with Crippen molar-refractivity contribution in [1.29, 1.82) is 0 Å². The zero-order chi connectivity index (χ0) is 18.7. The minimum absolute atomic E-state index is 0.296. The third-order valence-electron chi connectivity index (χ3n) is 3.85. The molecule has 1 aliphatic rings. The molecule has 134 valence electrons. The molecule has 3 rings (SSSR count). The first-order valence-electron chi connectivity index (χ1n) is 7.72. The van der Waals surface area contributed by atoms with E-state index >= 15 is 0 Å². The van der Waals surface area contributed by atoms with Gasteiger partial charge in [-0.15, -0.1) is 0 Å². The smallest absolute Gasteiger partial charge is 0.335 e. The lowest BCUT2D eigenvalue weighted by Gasteiger charge is -2.13. The molecule has 0 aliphatic carbocycles. The third kappa shape index (κ3) is 3.84. The van der Waals surface area contributed by atoms with Crippen LogP contribution in [0.5, 0.6) is 11.5 Å². The fourth-order valence-electron chi connectivity index (χ4n) is 2.56. The number of esters is 1. The Bertz CT molecular complexity index is 895. The molecule has 0 radical (unpaired) electrons. The Hall–Kier alpha value is -2.50. The van der Waals surface area contributed by atoms with Crippen molar-refractivity contribution in [3.8, 4) is 11.5 Å². The lowest BCUT2D eigenvalue weighted by Crippen LogP contribution is -2.06. The molecule has 1 unspecified atom stereocenters. The van der Waals surface area contributed by atoms with E-state index < -0.39 is 5.97 Å². The minimum atomic E-state index is -0.559. The van der Waals surface area contributed by atoms with Gasteiger partial charge in [-0.2, -0.15) is 0 Å². The summed E-state index contributed by atoms with van der Waals surface area (Å²) in [5.41, 5.74) is 2.35. The Kier molecular flexibility index (Phi) is 5.49. The summed E-state index contributed by atoms with van der Waals surface area (Å²) in [5, 5.41) is 5.22. The van der Waals surface area contributed by atoms with Gasteiger partial charge < -0.3 is 14.3 Å². The summed E-state index contributed by atoms with van der Waals surface area (Å²) in [4.78, 5) is 16.9. The van der Waals surface area contributed by atoms with Crippen LogP contribution in [0.3, 0.4) is 0 Å². The summed E-state index contributed by atoms with van der Waals surface area (Å²) in [6.45, 7) is 3.37. The van der Waals surface area contributed by atoms with Gasteiger partial charge in [0.25, 0.3) is 0 Å². The molecule has 26 heavy (non-hydrogen) atoms. The predicted octanol–water partition coefficient (Wildman–Crippen LogP) is 4.96. The van der Waals surface area contributed by atoms with Crippen molar-refractivity contribution in [3.63, 3.8) is 0 Å². The van der Waals surface area contributed by atoms with E-state index in [9.17, 15) is 4.79 Å². The van der Waals surface area contributed by atoms with Crippen LogP contribution >= 0.6 is 23.2 Å². The topological polar surface area (TPSA) is 57.1 Å². The van der Waals surface area contributed by atoms with Gasteiger partial charge in [0.2, 0.25) is 0 Å². The Morgan fingerprint density at radius 3 is 2.77 bits per heavy atom. The van der Waals surface area contributed by atoms with Crippen molar-refractivity contribution in [1.82, 2.24) is 0 Å². The molecule has 0 saturated carbocycles. The maximum atomic E-state index is 11.4. The van der Waals surface area contributed by atoms with Crippen molar-refractivity contribution >= 4 is 34.9 Å². The lowest BCUT2D eigenvalue weighted by molar-refractivity contribution is -0.129. The second-order valence-corrected chi connectivity index (χ2v) is 6.34. The van der Waals surface area contributed by atoms with Crippen molar-refractivity contribution < 1.29 is 19.1 Å². The molecule has 2 aromatic carbocycles. The number of methoxy groups -OCH3 is 1. The van der Waals surface area contributed by atoms with Gasteiger partial charge in [-0.3, -0.25) is 0 Å². The monoisotopic (exact) mass is 391 g/mol. The largest absolute Gasteiger partial charge is 0.493 e. The van der Waals surface area contributed by atoms with E-state index in [0.29, 0.717) is 28.0 Å². The highest BCUT2D eigenvalue weighted by Crippen LogP contribution is 2.36. The predicted molar refractivity (Wildman–Crippen MR) is 100 cm³/mol. The number of hydrogen-bond donors (Lipinski definition) is 0. The number of hydrogen-bond acceptors (Lipinski definition) is 5. The molecule has 1 atom stereocenters. The first kappa shape index (κ1) is 18.3. The SMILES string of the molecule is C=CC(=O)Oc1ccc(C2CC(c3ccc(Cl)cc3Cl)=NO2)cc1OC. The summed E-state index contributed by atoms with van der Waals surface area (Å²) in [7, 11) is 1.50. The molecule has 0 bridgehead atoms. The van der Waals surface area contributed by atoms with Crippen LogP contribution in [0, 0.1) is 0 Å². The van der Waals surface area contributed by atoms with Gasteiger partial charge in [-0.25, -0.2) is 4.79 Å². The summed E-state index contributed by atoms with van der Waals surface area (Å²) in [6.07, 6.45) is 1.33.